The zero-order valence-corrected chi connectivity index (χ0v) is 11.8. The molecule has 2 aromatic rings. The molecule has 0 saturated carbocycles. The fourth-order valence-corrected chi connectivity index (χ4v) is 1.85. The zero-order valence-electron chi connectivity index (χ0n) is 11.8. The standard InChI is InChI=1S/C14H16N4O3/c1-9-7-10(13(19)20)3-4-12(9)17-14(21)15-8-11-5-6-16-18(11)2/h3-7H,8H2,1-2H3,(H,19,20)(H2,15,17,21). The molecular formula is C14H16N4O3. The Morgan fingerprint density at radius 2 is 2.10 bits per heavy atom. The van der Waals surface area contributed by atoms with E-state index in [1.54, 1.807) is 30.9 Å². The average molecular weight is 288 g/mol. The zero-order chi connectivity index (χ0) is 15.4. The smallest absolute Gasteiger partial charge is 0.335 e. The van der Waals surface area contributed by atoms with Crippen LogP contribution in [-0.2, 0) is 13.6 Å². The van der Waals surface area contributed by atoms with Crippen molar-refractivity contribution in [3.8, 4) is 0 Å². The van der Waals surface area contributed by atoms with Crippen LogP contribution in [0, 0.1) is 6.92 Å². The lowest BCUT2D eigenvalue weighted by Crippen LogP contribution is -2.29. The number of nitrogens with one attached hydrogen (secondary N) is 2. The number of anilines is 1. The van der Waals surface area contributed by atoms with Crippen molar-refractivity contribution >= 4 is 17.7 Å². The highest BCUT2D eigenvalue weighted by Gasteiger charge is 2.08. The Kier molecular flexibility index (Phi) is 4.22. The molecule has 0 aliphatic heterocycles. The summed E-state index contributed by atoms with van der Waals surface area (Å²) in [6.07, 6.45) is 1.66. The fourth-order valence-electron chi connectivity index (χ4n) is 1.85. The van der Waals surface area contributed by atoms with E-state index < -0.39 is 5.97 Å². The van der Waals surface area contributed by atoms with Gasteiger partial charge in [-0.2, -0.15) is 5.10 Å². The van der Waals surface area contributed by atoms with Crippen molar-refractivity contribution in [3.05, 3.63) is 47.3 Å². The number of carbonyl (C=O) groups excluding carboxylic acids is 1. The molecule has 0 aliphatic carbocycles. The molecule has 0 saturated heterocycles. The minimum absolute atomic E-state index is 0.188. The number of carboxylic acids is 1. The number of nitrogens with zero attached hydrogens (tertiary/aromatic N) is 2. The van der Waals surface area contributed by atoms with Crippen molar-refractivity contribution in [2.24, 2.45) is 7.05 Å². The Balaban J connectivity index is 1.96. The van der Waals surface area contributed by atoms with E-state index in [1.165, 1.54) is 12.1 Å². The van der Waals surface area contributed by atoms with Gasteiger partial charge in [0.2, 0.25) is 0 Å². The van der Waals surface area contributed by atoms with Gasteiger partial charge < -0.3 is 15.7 Å². The molecule has 0 spiro atoms. The largest absolute Gasteiger partial charge is 0.478 e. The Morgan fingerprint density at radius 3 is 2.67 bits per heavy atom. The number of hydrogen-bond acceptors (Lipinski definition) is 3. The molecule has 110 valence electrons. The maximum Gasteiger partial charge on any atom is 0.335 e. The predicted octanol–water partition coefficient (Wildman–Crippen LogP) is 1.75. The van der Waals surface area contributed by atoms with Gasteiger partial charge in [0.05, 0.1) is 17.8 Å². The van der Waals surface area contributed by atoms with E-state index in [2.05, 4.69) is 15.7 Å². The first kappa shape index (κ1) is 14.6. The molecule has 1 aromatic carbocycles. The average Bonchev–Trinajstić information content (AvgIpc) is 2.84. The number of urea groups is 1. The summed E-state index contributed by atoms with van der Waals surface area (Å²) in [5.74, 6) is -0.995. The summed E-state index contributed by atoms with van der Waals surface area (Å²) in [7, 11) is 1.80. The lowest BCUT2D eigenvalue weighted by molar-refractivity contribution is 0.0697. The summed E-state index contributed by atoms with van der Waals surface area (Å²) >= 11 is 0. The van der Waals surface area contributed by atoms with E-state index >= 15 is 0 Å². The molecule has 0 bridgehead atoms. The molecule has 0 radical (unpaired) electrons. The molecule has 0 atom stereocenters. The molecule has 0 unspecified atom stereocenters. The van der Waals surface area contributed by atoms with Crippen LogP contribution in [0.5, 0.6) is 0 Å². The second-order valence-corrected chi connectivity index (χ2v) is 4.59. The first-order chi connectivity index (χ1) is 9.97. The molecule has 7 nitrogen and oxygen atoms in total. The van der Waals surface area contributed by atoms with Crippen molar-refractivity contribution in [3.63, 3.8) is 0 Å². The van der Waals surface area contributed by atoms with Gasteiger partial charge in [-0.25, -0.2) is 9.59 Å². The van der Waals surface area contributed by atoms with Crippen LogP contribution in [-0.4, -0.2) is 26.9 Å². The predicted molar refractivity (Wildman–Crippen MR) is 77.2 cm³/mol. The van der Waals surface area contributed by atoms with Gasteiger partial charge in [-0.1, -0.05) is 0 Å². The number of rotatable bonds is 4. The van der Waals surface area contributed by atoms with E-state index in [-0.39, 0.29) is 11.6 Å². The van der Waals surface area contributed by atoms with Crippen LogP contribution >= 0.6 is 0 Å². The highest BCUT2D eigenvalue weighted by atomic mass is 16.4. The number of benzene rings is 1. The van der Waals surface area contributed by atoms with Gasteiger partial charge in [0.15, 0.2) is 0 Å². The van der Waals surface area contributed by atoms with Gasteiger partial charge >= 0.3 is 12.0 Å². The molecule has 3 N–H and O–H groups in total. The van der Waals surface area contributed by atoms with Gasteiger partial charge in [0.25, 0.3) is 0 Å². The molecule has 1 aromatic heterocycles. The van der Waals surface area contributed by atoms with Crippen LogP contribution in [0.1, 0.15) is 21.6 Å². The molecular weight excluding hydrogens is 272 g/mol. The number of aromatic carboxylic acids is 1. The molecule has 7 heteroatoms. The normalized spacial score (nSPS) is 10.2. The Morgan fingerprint density at radius 1 is 1.33 bits per heavy atom. The maximum absolute atomic E-state index is 11.8. The number of carboxylic acid groups (broad SMARTS) is 1. The summed E-state index contributed by atoms with van der Waals surface area (Å²) in [6.45, 7) is 2.09. The van der Waals surface area contributed by atoms with Crippen LogP contribution in [0.4, 0.5) is 10.5 Å². The Labute approximate surface area is 121 Å². The Hall–Kier alpha value is -2.83. The van der Waals surface area contributed by atoms with Crippen LogP contribution in [0.2, 0.25) is 0 Å². The monoisotopic (exact) mass is 288 g/mol. The van der Waals surface area contributed by atoms with Gasteiger partial charge in [-0.05, 0) is 36.8 Å². The van der Waals surface area contributed by atoms with Crippen LogP contribution in [0.25, 0.3) is 0 Å². The molecule has 2 amide bonds. The van der Waals surface area contributed by atoms with Crippen molar-refractivity contribution in [2.75, 3.05) is 5.32 Å². The fraction of sp³-hybridized carbons (Fsp3) is 0.214. The lowest BCUT2D eigenvalue weighted by Gasteiger charge is -2.10. The van der Waals surface area contributed by atoms with E-state index in [0.717, 1.165) is 5.69 Å². The van der Waals surface area contributed by atoms with Crippen LogP contribution in [0.3, 0.4) is 0 Å². The van der Waals surface area contributed by atoms with Gasteiger partial charge in [0.1, 0.15) is 0 Å². The van der Waals surface area contributed by atoms with Gasteiger partial charge in [-0.15, -0.1) is 0 Å². The second kappa shape index (κ2) is 6.08. The minimum atomic E-state index is -0.995. The number of aromatic nitrogens is 2. The summed E-state index contributed by atoms with van der Waals surface area (Å²) < 4.78 is 1.67. The highest BCUT2D eigenvalue weighted by molar-refractivity contribution is 5.92. The third kappa shape index (κ3) is 3.59. The van der Waals surface area contributed by atoms with Crippen LogP contribution < -0.4 is 10.6 Å². The van der Waals surface area contributed by atoms with E-state index in [9.17, 15) is 9.59 Å². The molecule has 21 heavy (non-hydrogen) atoms. The highest BCUT2D eigenvalue weighted by Crippen LogP contribution is 2.16. The molecule has 0 aliphatic rings. The van der Waals surface area contributed by atoms with Gasteiger partial charge in [0, 0.05) is 18.9 Å². The minimum Gasteiger partial charge on any atom is -0.478 e. The molecule has 1 heterocycles. The lowest BCUT2D eigenvalue weighted by atomic mass is 10.1. The molecule has 0 fully saturated rings. The van der Waals surface area contributed by atoms with Gasteiger partial charge in [-0.3, -0.25) is 4.68 Å². The first-order valence-electron chi connectivity index (χ1n) is 6.33. The van der Waals surface area contributed by atoms with E-state index in [0.29, 0.717) is 17.8 Å². The third-order valence-electron chi connectivity index (χ3n) is 3.07. The molecule has 2 rings (SSSR count). The van der Waals surface area contributed by atoms with E-state index in [1.807, 2.05) is 6.07 Å². The number of carbonyl (C=O) groups is 2. The van der Waals surface area contributed by atoms with Crippen LogP contribution in [0.15, 0.2) is 30.5 Å². The van der Waals surface area contributed by atoms with Crippen molar-refractivity contribution in [2.45, 2.75) is 13.5 Å². The SMILES string of the molecule is Cc1cc(C(=O)O)ccc1NC(=O)NCc1ccnn1C. The summed E-state index contributed by atoms with van der Waals surface area (Å²) in [5.41, 5.74) is 2.32. The second-order valence-electron chi connectivity index (χ2n) is 4.59. The Bertz CT molecular complexity index is 679. The maximum atomic E-state index is 11.8. The van der Waals surface area contributed by atoms with Crippen molar-refractivity contribution in [1.29, 1.82) is 0 Å². The summed E-state index contributed by atoms with van der Waals surface area (Å²) in [6, 6.07) is 5.99. The van der Waals surface area contributed by atoms with Crippen molar-refractivity contribution in [1.82, 2.24) is 15.1 Å². The topological polar surface area (TPSA) is 96.2 Å². The summed E-state index contributed by atoms with van der Waals surface area (Å²) in [4.78, 5) is 22.7. The third-order valence-corrected chi connectivity index (χ3v) is 3.07. The quantitative estimate of drug-likeness (QED) is 0.798. The summed E-state index contributed by atoms with van der Waals surface area (Å²) in [5, 5.41) is 18.3. The first-order valence-corrected chi connectivity index (χ1v) is 6.33. The number of aryl methyl sites for hydroxylation is 2. The van der Waals surface area contributed by atoms with E-state index in [4.69, 9.17) is 5.11 Å². The van der Waals surface area contributed by atoms with Crippen molar-refractivity contribution < 1.29 is 14.7 Å². The number of amides is 2. The number of hydrogen-bond donors (Lipinski definition) is 3.